The average molecular weight is 476 g/mol. The monoisotopic (exact) mass is 475 g/mol. The maximum atomic E-state index is 6.69. The Balaban J connectivity index is 1.73. The smallest absolute Gasteiger partial charge is 0.0869 e. The van der Waals surface area contributed by atoms with Gasteiger partial charge in [-0.2, -0.15) is 0 Å². The normalized spacial score (nSPS) is 17.5. The van der Waals surface area contributed by atoms with Crippen molar-refractivity contribution >= 4 is 41.2 Å². The molecule has 5 nitrogen and oxygen atoms in total. The predicted octanol–water partition coefficient (Wildman–Crippen LogP) is 5.42. The summed E-state index contributed by atoms with van der Waals surface area (Å²) in [5.74, 6) is 0. The zero-order valence-corrected chi connectivity index (χ0v) is 20.9. The van der Waals surface area contributed by atoms with E-state index in [0.717, 1.165) is 53.3 Å². The summed E-state index contributed by atoms with van der Waals surface area (Å²) in [7, 11) is 0. The minimum Gasteiger partial charge on any atom is -0.396 e. The van der Waals surface area contributed by atoms with E-state index in [4.69, 9.17) is 10.7 Å². The second kappa shape index (κ2) is 11.0. The quantitative estimate of drug-likeness (QED) is 0.279. The molecule has 0 radical (unpaired) electrons. The summed E-state index contributed by atoms with van der Waals surface area (Å²) in [5, 5.41) is 0. The van der Waals surface area contributed by atoms with E-state index in [1.54, 1.807) is 23.7 Å². The van der Waals surface area contributed by atoms with E-state index < -0.39 is 0 Å². The number of benzene rings is 1. The maximum absolute atomic E-state index is 6.69. The molecule has 33 heavy (non-hydrogen) atoms. The SMILES string of the molecule is CSc1ccc(-c2cc(C(C=N[C@@H]3CCN(SC)C3)=C(N)c3cccc(C)n3)ccn2)cc1. The molecule has 1 atom stereocenters. The minimum absolute atomic E-state index is 0.270. The lowest BCUT2D eigenvalue weighted by molar-refractivity contribution is 0.576. The van der Waals surface area contributed by atoms with Crippen LogP contribution in [0.3, 0.4) is 0 Å². The van der Waals surface area contributed by atoms with Crippen LogP contribution in [0.4, 0.5) is 0 Å². The summed E-state index contributed by atoms with van der Waals surface area (Å²) in [6, 6.07) is 18.7. The van der Waals surface area contributed by atoms with Crippen molar-refractivity contribution in [2.24, 2.45) is 10.7 Å². The van der Waals surface area contributed by atoms with Crippen LogP contribution in [0.15, 0.2) is 70.7 Å². The summed E-state index contributed by atoms with van der Waals surface area (Å²) in [6.45, 7) is 3.99. The van der Waals surface area contributed by atoms with Crippen LogP contribution in [0.1, 0.15) is 23.4 Å². The number of allylic oxidation sites excluding steroid dienone is 1. The Bertz CT molecular complexity index is 1160. The number of nitrogens with zero attached hydrogens (tertiary/aromatic N) is 4. The van der Waals surface area contributed by atoms with Crippen molar-refractivity contribution in [3.8, 4) is 11.3 Å². The van der Waals surface area contributed by atoms with Crippen LogP contribution in [0.5, 0.6) is 0 Å². The molecule has 1 fully saturated rings. The molecule has 0 saturated carbocycles. The second-order valence-corrected chi connectivity index (χ2v) is 9.70. The van der Waals surface area contributed by atoms with Crippen molar-refractivity contribution in [1.29, 1.82) is 0 Å². The van der Waals surface area contributed by atoms with Crippen molar-refractivity contribution in [2.75, 3.05) is 25.6 Å². The zero-order valence-electron chi connectivity index (χ0n) is 19.2. The predicted molar refractivity (Wildman–Crippen MR) is 143 cm³/mol. The molecule has 4 rings (SSSR count). The van der Waals surface area contributed by atoms with E-state index in [9.17, 15) is 0 Å². The fourth-order valence-electron chi connectivity index (χ4n) is 3.83. The Morgan fingerprint density at radius 3 is 2.67 bits per heavy atom. The van der Waals surface area contributed by atoms with Gasteiger partial charge in [-0.3, -0.25) is 15.0 Å². The third kappa shape index (κ3) is 5.85. The summed E-state index contributed by atoms with van der Waals surface area (Å²) >= 11 is 3.51. The Labute approximate surface area is 204 Å². The molecule has 3 aromatic rings. The van der Waals surface area contributed by atoms with Gasteiger partial charge >= 0.3 is 0 Å². The van der Waals surface area contributed by atoms with Gasteiger partial charge in [0.15, 0.2) is 0 Å². The largest absolute Gasteiger partial charge is 0.396 e. The van der Waals surface area contributed by atoms with Crippen LogP contribution in [-0.4, -0.2) is 52.1 Å². The van der Waals surface area contributed by atoms with E-state index in [2.05, 4.69) is 57.1 Å². The molecule has 0 aliphatic carbocycles. The number of aliphatic imine (C=N–C) groups is 1. The molecule has 0 bridgehead atoms. The van der Waals surface area contributed by atoms with Crippen LogP contribution in [0.2, 0.25) is 0 Å². The van der Waals surface area contributed by atoms with E-state index >= 15 is 0 Å². The standard InChI is InChI=1S/C26H29N5S2/c1-18-5-4-6-24(30-18)26(27)23(16-29-21-12-14-31(17-21)33-3)20-11-13-28-25(15-20)19-7-9-22(32-2)10-8-19/h4-11,13,15-16,21H,12,14,17,27H2,1-3H3/t21-/m1/s1. The molecule has 1 aromatic carbocycles. The first-order valence-corrected chi connectivity index (χ1v) is 13.3. The molecule has 2 N–H and O–H groups in total. The van der Waals surface area contributed by atoms with Gasteiger partial charge < -0.3 is 5.73 Å². The van der Waals surface area contributed by atoms with Crippen molar-refractivity contribution in [3.05, 3.63) is 77.7 Å². The Morgan fingerprint density at radius 1 is 1.15 bits per heavy atom. The lowest BCUT2D eigenvalue weighted by Crippen LogP contribution is -2.13. The number of rotatable bonds is 7. The molecule has 3 heterocycles. The van der Waals surface area contributed by atoms with Gasteiger partial charge in [0.25, 0.3) is 0 Å². The molecule has 1 aliphatic rings. The topological polar surface area (TPSA) is 67.4 Å². The van der Waals surface area contributed by atoms with Crippen LogP contribution >= 0.6 is 23.7 Å². The van der Waals surface area contributed by atoms with Crippen molar-refractivity contribution < 1.29 is 0 Å². The van der Waals surface area contributed by atoms with Gasteiger partial charge in [-0.15, -0.1) is 11.8 Å². The van der Waals surface area contributed by atoms with Crippen molar-refractivity contribution in [2.45, 2.75) is 24.3 Å². The molecular formula is C26H29N5S2. The maximum Gasteiger partial charge on any atom is 0.0869 e. The number of aryl methyl sites for hydroxylation is 1. The van der Waals surface area contributed by atoms with Gasteiger partial charge in [0.1, 0.15) is 0 Å². The molecule has 0 unspecified atom stereocenters. The first kappa shape index (κ1) is 23.5. The fourth-order valence-corrected chi connectivity index (χ4v) is 4.84. The average Bonchev–Trinajstić information content (AvgIpc) is 3.32. The van der Waals surface area contributed by atoms with Gasteiger partial charge in [-0.25, -0.2) is 4.31 Å². The fraction of sp³-hybridized carbons (Fsp3) is 0.269. The number of nitrogens with two attached hydrogens (primary N) is 1. The number of pyridine rings is 2. The van der Waals surface area contributed by atoms with Gasteiger partial charge in [0.2, 0.25) is 0 Å². The van der Waals surface area contributed by atoms with Gasteiger partial charge in [0.05, 0.1) is 23.1 Å². The highest BCUT2D eigenvalue weighted by Crippen LogP contribution is 2.27. The molecule has 0 spiro atoms. The van der Waals surface area contributed by atoms with E-state index in [0.29, 0.717) is 5.70 Å². The molecule has 1 aliphatic heterocycles. The van der Waals surface area contributed by atoms with Gasteiger partial charge in [-0.05, 0) is 67.8 Å². The van der Waals surface area contributed by atoms with Crippen molar-refractivity contribution in [1.82, 2.24) is 14.3 Å². The number of hydrogen-bond donors (Lipinski definition) is 1. The van der Waals surface area contributed by atoms with Crippen LogP contribution in [0, 0.1) is 6.92 Å². The number of hydrogen-bond acceptors (Lipinski definition) is 7. The van der Waals surface area contributed by atoms with Crippen LogP contribution < -0.4 is 5.73 Å². The van der Waals surface area contributed by atoms with E-state index in [1.165, 1.54) is 4.90 Å². The highest BCUT2D eigenvalue weighted by atomic mass is 32.2. The molecular weight excluding hydrogens is 446 g/mol. The molecule has 7 heteroatoms. The minimum atomic E-state index is 0.270. The molecule has 170 valence electrons. The molecule has 2 aromatic heterocycles. The van der Waals surface area contributed by atoms with Crippen LogP contribution in [0.25, 0.3) is 22.5 Å². The summed E-state index contributed by atoms with van der Waals surface area (Å²) in [5.41, 5.74) is 12.8. The van der Waals surface area contributed by atoms with E-state index in [1.807, 2.05) is 43.6 Å². The first-order chi connectivity index (χ1) is 16.1. The Morgan fingerprint density at radius 2 is 1.97 bits per heavy atom. The lowest BCUT2D eigenvalue weighted by Gasteiger charge is -2.12. The highest BCUT2D eigenvalue weighted by Gasteiger charge is 2.21. The Kier molecular flexibility index (Phi) is 7.85. The third-order valence-electron chi connectivity index (χ3n) is 5.71. The number of thioether (sulfide) groups is 1. The zero-order chi connectivity index (χ0) is 23.2. The molecule has 0 amide bonds. The third-order valence-corrected chi connectivity index (χ3v) is 7.30. The van der Waals surface area contributed by atoms with Gasteiger partial charge in [0, 0.05) is 47.2 Å². The second-order valence-electron chi connectivity index (χ2n) is 7.94. The van der Waals surface area contributed by atoms with Crippen LogP contribution in [-0.2, 0) is 0 Å². The van der Waals surface area contributed by atoms with Crippen molar-refractivity contribution in [3.63, 3.8) is 0 Å². The summed E-state index contributed by atoms with van der Waals surface area (Å²) < 4.78 is 2.35. The number of aromatic nitrogens is 2. The van der Waals surface area contributed by atoms with Gasteiger partial charge in [-0.1, -0.05) is 30.1 Å². The van der Waals surface area contributed by atoms with E-state index in [-0.39, 0.29) is 6.04 Å². The highest BCUT2D eigenvalue weighted by molar-refractivity contribution is 7.98. The summed E-state index contributed by atoms with van der Waals surface area (Å²) in [4.78, 5) is 15.4. The first-order valence-electron chi connectivity index (χ1n) is 10.9. The summed E-state index contributed by atoms with van der Waals surface area (Å²) in [6.07, 6.45) is 9.02. The lowest BCUT2D eigenvalue weighted by atomic mass is 10.0. The molecule has 1 saturated heterocycles. The Hall–Kier alpha value is -2.61.